The van der Waals surface area contributed by atoms with Gasteiger partial charge in [-0.1, -0.05) is 0 Å². The van der Waals surface area contributed by atoms with Gasteiger partial charge < -0.3 is 15.2 Å². The van der Waals surface area contributed by atoms with Gasteiger partial charge in [-0.05, 0) is 43.0 Å². The van der Waals surface area contributed by atoms with Crippen LogP contribution in [0.5, 0.6) is 5.75 Å². The summed E-state index contributed by atoms with van der Waals surface area (Å²) in [5.74, 6) is -0.366. The average molecular weight is 275 g/mol. The Bertz CT molecular complexity index is 555. The second kappa shape index (κ2) is 5.15. The van der Waals surface area contributed by atoms with E-state index in [2.05, 4.69) is 5.32 Å². The maximum Gasteiger partial charge on any atom is 0.306 e. The molecule has 1 saturated carbocycles. The third-order valence-corrected chi connectivity index (χ3v) is 4.07. The Morgan fingerprint density at radius 1 is 1.30 bits per heavy atom. The van der Waals surface area contributed by atoms with Crippen molar-refractivity contribution in [3.8, 4) is 5.75 Å². The van der Waals surface area contributed by atoms with Crippen molar-refractivity contribution in [2.45, 2.75) is 31.7 Å². The number of carbonyl (C=O) groups is 2. The van der Waals surface area contributed by atoms with Crippen LogP contribution in [0.15, 0.2) is 18.2 Å². The summed E-state index contributed by atoms with van der Waals surface area (Å²) in [6.07, 6.45) is 2.73. The van der Waals surface area contributed by atoms with E-state index >= 15 is 0 Å². The van der Waals surface area contributed by atoms with Gasteiger partial charge in [-0.25, -0.2) is 0 Å². The molecule has 1 aliphatic carbocycles. The lowest BCUT2D eigenvalue weighted by molar-refractivity contribution is -0.141. The van der Waals surface area contributed by atoms with Gasteiger partial charge in [0.05, 0.1) is 12.5 Å². The number of ether oxygens (including phenoxy) is 1. The van der Waals surface area contributed by atoms with Gasteiger partial charge in [-0.3, -0.25) is 9.59 Å². The van der Waals surface area contributed by atoms with Crippen molar-refractivity contribution < 1.29 is 19.4 Å². The zero-order chi connectivity index (χ0) is 14.1. The molecule has 2 unspecified atom stereocenters. The Labute approximate surface area is 116 Å². The largest absolute Gasteiger partial charge is 0.493 e. The normalized spacial score (nSPS) is 24.0. The highest BCUT2D eigenvalue weighted by molar-refractivity contribution is 5.95. The highest BCUT2D eigenvalue weighted by atomic mass is 16.5. The molecule has 20 heavy (non-hydrogen) atoms. The summed E-state index contributed by atoms with van der Waals surface area (Å²) in [5, 5.41) is 11.9. The predicted molar refractivity (Wildman–Crippen MR) is 71.9 cm³/mol. The second-order valence-electron chi connectivity index (χ2n) is 5.44. The molecule has 3 rings (SSSR count). The van der Waals surface area contributed by atoms with Crippen LogP contribution in [0.1, 0.15) is 35.2 Å². The number of nitrogens with one attached hydrogen (secondary N) is 1. The molecule has 1 aromatic rings. The lowest BCUT2D eigenvalue weighted by atomic mass is 10.1. The summed E-state index contributed by atoms with van der Waals surface area (Å²) >= 11 is 0. The molecule has 0 saturated heterocycles. The SMILES string of the molecule is O=C(NC1CCC(C(=O)O)C1)c1ccc2c(c1)CCO2. The Morgan fingerprint density at radius 2 is 2.15 bits per heavy atom. The van der Waals surface area contributed by atoms with Crippen molar-refractivity contribution in [2.75, 3.05) is 6.61 Å². The van der Waals surface area contributed by atoms with E-state index in [9.17, 15) is 9.59 Å². The number of rotatable bonds is 3. The first-order valence-electron chi connectivity index (χ1n) is 6.93. The third-order valence-electron chi connectivity index (χ3n) is 4.07. The summed E-state index contributed by atoms with van der Waals surface area (Å²) in [6, 6.07) is 5.41. The molecule has 1 fully saturated rings. The highest BCUT2D eigenvalue weighted by Gasteiger charge is 2.30. The minimum Gasteiger partial charge on any atom is -0.493 e. The maximum atomic E-state index is 12.2. The van der Waals surface area contributed by atoms with Gasteiger partial charge in [-0.15, -0.1) is 0 Å². The lowest BCUT2D eigenvalue weighted by Crippen LogP contribution is -2.33. The second-order valence-corrected chi connectivity index (χ2v) is 5.44. The van der Waals surface area contributed by atoms with Gasteiger partial charge in [0.15, 0.2) is 0 Å². The highest BCUT2D eigenvalue weighted by Crippen LogP contribution is 2.28. The zero-order valence-corrected chi connectivity index (χ0v) is 11.1. The maximum absolute atomic E-state index is 12.2. The van der Waals surface area contributed by atoms with Crippen LogP contribution in [0.4, 0.5) is 0 Å². The van der Waals surface area contributed by atoms with Crippen LogP contribution in [-0.2, 0) is 11.2 Å². The average Bonchev–Trinajstić information content (AvgIpc) is 3.05. The summed E-state index contributed by atoms with van der Waals surface area (Å²) < 4.78 is 5.41. The van der Waals surface area contributed by atoms with Crippen molar-refractivity contribution in [3.63, 3.8) is 0 Å². The van der Waals surface area contributed by atoms with E-state index in [0.717, 1.165) is 24.2 Å². The summed E-state index contributed by atoms with van der Waals surface area (Å²) in [6.45, 7) is 0.670. The van der Waals surface area contributed by atoms with E-state index in [0.29, 0.717) is 25.0 Å². The first-order chi connectivity index (χ1) is 9.63. The monoisotopic (exact) mass is 275 g/mol. The molecular weight excluding hydrogens is 258 g/mol. The fourth-order valence-corrected chi connectivity index (χ4v) is 2.93. The molecule has 0 spiro atoms. The molecule has 1 aromatic carbocycles. The van der Waals surface area contributed by atoms with Crippen LogP contribution in [0.2, 0.25) is 0 Å². The van der Waals surface area contributed by atoms with Gasteiger partial charge in [0, 0.05) is 18.0 Å². The molecule has 5 nitrogen and oxygen atoms in total. The third kappa shape index (κ3) is 2.48. The minimum atomic E-state index is -0.767. The van der Waals surface area contributed by atoms with E-state index < -0.39 is 5.97 Å². The van der Waals surface area contributed by atoms with Crippen molar-refractivity contribution >= 4 is 11.9 Å². The standard InChI is InChI=1S/C15H17NO4/c17-14(16-12-3-1-11(8-12)15(18)19)10-2-4-13-9(7-10)5-6-20-13/h2,4,7,11-12H,1,3,5-6,8H2,(H,16,17)(H,18,19). The molecule has 106 valence electrons. The first kappa shape index (κ1) is 13.0. The van der Waals surface area contributed by atoms with E-state index in [4.69, 9.17) is 9.84 Å². The number of carboxylic acids is 1. The van der Waals surface area contributed by atoms with Crippen LogP contribution in [0.3, 0.4) is 0 Å². The van der Waals surface area contributed by atoms with Crippen LogP contribution < -0.4 is 10.1 Å². The van der Waals surface area contributed by atoms with Gasteiger partial charge >= 0.3 is 5.97 Å². The van der Waals surface area contributed by atoms with Crippen LogP contribution >= 0.6 is 0 Å². The van der Waals surface area contributed by atoms with Crippen LogP contribution in [0, 0.1) is 5.92 Å². The molecule has 0 aromatic heterocycles. The molecule has 0 bridgehead atoms. The zero-order valence-electron chi connectivity index (χ0n) is 11.1. The lowest BCUT2D eigenvalue weighted by Gasteiger charge is -2.13. The number of carbonyl (C=O) groups excluding carboxylic acids is 1. The number of hydrogen-bond acceptors (Lipinski definition) is 3. The number of benzene rings is 1. The van der Waals surface area contributed by atoms with E-state index in [1.807, 2.05) is 12.1 Å². The van der Waals surface area contributed by atoms with Crippen LogP contribution in [-0.4, -0.2) is 29.6 Å². The summed E-state index contributed by atoms with van der Waals surface area (Å²) in [5.41, 5.74) is 1.68. The van der Waals surface area contributed by atoms with Crippen molar-refractivity contribution in [1.82, 2.24) is 5.32 Å². The minimum absolute atomic E-state index is 0.0342. The number of amides is 1. The number of carboxylic acid groups (broad SMARTS) is 1. The molecule has 2 atom stereocenters. The quantitative estimate of drug-likeness (QED) is 0.878. The van der Waals surface area contributed by atoms with Gasteiger partial charge in [0.1, 0.15) is 5.75 Å². The molecule has 1 heterocycles. The van der Waals surface area contributed by atoms with E-state index in [1.54, 1.807) is 6.07 Å². The molecule has 2 aliphatic rings. The van der Waals surface area contributed by atoms with E-state index in [1.165, 1.54) is 0 Å². The Balaban J connectivity index is 1.64. The number of fused-ring (bicyclic) bond motifs is 1. The number of aliphatic carboxylic acids is 1. The predicted octanol–water partition coefficient (Wildman–Crippen LogP) is 1.60. The Morgan fingerprint density at radius 3 is 2.90 bits per heavy atom. The fraction of sp³-hybridized carbons (Fsp3) is 0.467. The van der Waals surface area contributed by atoms with Gasteiger partial charge in [0.2, 0.25) is 0 Å². The molecule has 1 amide bonds. The van der Waals surface area contributed by atoms with Crippen LogP contribution in [0.25, 0.3) is 0 Å². The number of hydrogen-bond donors (Lipinski definition) is 2. The molecule has 2 N–H and O–H groups in total. The molecule has 0 radical (unpaired) electrons. The topological polar surface area (TPSA) is 75.6 Å². The van der Waals surface area contributed by atoms with Crippen molar-refractivity contribution in [3.05, 3.63) is 29.3 Å². The van der Waals surface area contributed by atoms with Gasteiger partial charge in [0.25, 0.3) is 5.91 Å². The molecule has 1 aliphatic heterocycles. The van der Waals surface area contributed by atoms with Gasteiger partial charge in [-0.2, -0.15) is 0 Å². The van der Waals surface area contributed by atoms with Crippen molar-refractivity contribution in [1.29, 1.82) is 0 Å². The molecule has 5 heteroatoms. The smallest absolute Gasteiger partial charge is 0.306 e. The van der Waals surface area contributed by atoms with E-state index in [-0.39, 0.29) is 17.9 Å². The Kier molecular flexibility index (Phi) is 3.34. The summed E-state index contributed by atoms with van der Waals surface area (Å²) in [7, 11) is 0. The van der Waals surface area contributed by atoms with Crippen molar-refractivity contribution in [2.24, 2.45) is 5.92 Å². The molecular formula is C15H17NO4. The fourth-order valence-electron chi connectivity index (χ4n) is 2.93. The first-order valence-corrected chi connectivity index (χ1v) is 6.93. The summed E-state index contributed by atoms with van der Waals surface area (Å²) in [4.78, 5) is 23.1. The Hall–Kier alpha value is -2.04.